The number of rotatable bonds is 7. The van der Waals surface area contributed by atoms with Gasteiger partial charge in [0.15, 0.2) is 11.6 Å². The number of fused-ring (bicyclic) bond motifs is 3. The number of ether oxygens (including phenoxy) is 4. The molecule has 5 rings (SSSR count). The third-order valence-corrected chi connectivity index (χ3v) is 15.8. The molecule has 2 unspecified atom stereocenters. The van der Waals surface area contributed by atoms with Crippen molar-refractivity contribution >= 4 is 29.2 Å². The van der Waals surface area contributed by atoms with Crippen LogP contribution >= 0.6 is 0 Å². The molecule has 69 heavy (non-hydrogen) atoms. The fourth-order valence-corrected chi connectivity index (χ4v) is 11.3. The van der Waals surface area contributed by atoms with Gasteiger partial charge < -0.3 is 34.1 Å². The van der Waals surface area contributed by atoms with Gasteiger partial charge in [-0.2, -0.15) is 0 Å². The maximum Gasteiger partial charge on any atom is 0.329 e. The van der Waals surface area contributed by atoms with Gasteiger partial charge in [0.2, 0.25) is 0 Å². The van der Waals surface area contributed by atoms with Crippen molar-refractivity contribution in [1.29, 1.82) is 0 Å². The summed E-state index contributed by atoms with van der Waals surface area (Å²) < 4.78 is 25.5. The monoisotopic (exact) mass is 964 g/mol. The second-order valence-corrected chi connectivity index (χ2v) is 21.0. The van der Waals surface area contributed by atoms with E-state index in [1.54, 1.807) is 52.1 Å². The second kappa shape index (κ2) is 25.8. The number of carbonyl (C=O) groups excluding carboxylic acids is 5. The minimum atomic E-state index is -1.93. The Balaban J connectivity index is 1.46. The molecule has 16 nitrogen and oxygen atoms in total. The van der Waals surface area contributed by atoms with Crippen molar-refractivity contribution in [2.24, 2.45) is 41.4 Å². The summed E-state index contributed by atoms with van der Waals surface area (Å²) in [6.45, 7) is 13.1. The number of aliphatic hydroxyl groups excluding tert-OH is 1. The number of tetrazole rings is 1. The number of piperidine rings is 1. The van der Waals surface area contributed by atoms with Crippen LogP contribution in [0.1, 0.15) is 138 Å². The van der Waals surface area contributed by atoms with Crippen LogP contribution in [0.25, 0.3) is 0 Å². The molecule has 0 radical (unpaired) electrons. The molecule has 1 aromatic heterocycles. The highest BCUT2D eigenvalue weighted by atomic mass is 16.5. The Bertz CT molecular complexity index is 2020. The molecule has 3 fully saturated rings. The van der Waals surface area contributed by atoms with Crippen LogP contribution in [0, 0.1) is 41.4 Å². The number of carbonyl (C=O) groups is 5. The van der Waals surface area contributed by atoms with Gasteiger partial charge in [-0.3, -0.25) is 19.2 Å². The topological polar surface area (TPSA) is 210 Å². The number of methoxy groups -OCH3 is 3. The van der Waals surface area contributed by atoms with Gasteiger partial charge in [-0.25, -0.2) is 9.48 Å². The molecular weight excluding hydrogens is 883 g/mol. The number of allylic oxidation sites excluding steroid dienone is 6. The summed E-state index contributed by atoms with van der Waals surface area (Å²) in [6.07, 6.45) is 15.8. The number of cyclic esters (lactones) is 1. The number of hydrogen-bond donors (Lipinski definition) is 2. The maximum atomic E-state index is 14.5. The molecule has 2 N–H and O–H groups in total. The van der Waals surface area contributed by atoms with Gasteiger partial charge in [-0.15, -0.1) is 5.10 Å². The molecule has 384 valence electrons. The zero-order valence-corrected chi connectivity index (χ0v) is 42.8. The van der Waals surface area contributed by atoms with Gasteiger partial charge in [-0.05, 0) is 142 Å². The van der Waals surface area contributed by atoms with Crippen molar-refractivity contribution in [3.05, 3.63) is 53.9 Å². The predicted octanol–water partition coefficient (Wildman–Crippen LogP) is 6.71. The van der Waals surface area contributed by atoms with Crippen molar-refractivity contribution in [1.82, 2.24) is 25.1 Å². The summed E-state index contributed by atoms with van der Waals surface area (Å²) in [5.41, 5.74) is -0.641. The highest BCUT2D eigenvalue weighted by Gasteiger charge is 2.51. The zero-order valence-electron chi connectivity index (χ0n) is 42.8. The Morgan fingerprint density at radius 3 is 2.33 bits per heavy atom. The van der Waals surface area contributed by atoms with Gasteiger partial charge in [-0.1, -0.05) is 71.1 Å². The van der Waals surface area contributed by atoms with E-state index in [-0.39, 0.29) is 79.3 Å². The summed E-state index contributed by atoms with van der Waals surface area (Å²) in [6, 6.07) is -1.13. The van der Waals surface area contributed by atoms with E-state index in [2.05, 4.69) is 15.5 Å². The summed E-state index contributed by atoms with van der Waals surface area (Å²) in [5.74, 6) is -4.87. The van der Waals surface area contributed by atoms with Gasteiger partial charge in [0.05, 0.1) is 24.4 Å². The van der Waals surface area contributed by atoms with Gasteiger partial charge in [0.25, 0.3) is 11.7 Å². The number of nitrogens with zero attached hydrogens (tertiary/aromatic N) is 5. The van der Waals surface area contributed by atoms with E-state index < -0.39 is 65.4 Å². The molecule has 1 saturated heterocycles. The second-order valence-electron chi connectivity index (χ2n) is 21.0. The Morgan fingerprint density at radius 1 is 0.899 bits per heavy atom. The standard InChI is InChI=1S/C53H81N5O11/c1-32-16-12-11-13-17-33(2)44(66-8)28-40-20-19-38(7)53(65,30-40)50(62)51(63)57-23-15-14-18-42(57)52(64)69-45(35(4)26-39-21-22-41(46(27-39)67-9)58-31-54-55-56-58)29-43(59)34(3)25-37(6)48(61)49(68-10)47(60)36(5)24-32/h11-13,16-17,25,31-32,35-42,44-46,48-49,61,65H,14-15,18-24,26-30H2,1-10H3/b13-11?,16-12?,33-17?,34-25+/t32-,35-,36-,37?,38-,39+,40?,41+,42+,44+,45+,46-,48-,49+,53+/m1/s1. The molecule has 1 amide bonds. The number of aromatic nitrogens is 4. The minimum absolute atomic E-state index is 0.0362. The lowest BCUT2D eigenvalue weighted by Crippen LogP contribution is -2.59. The first-order valence-corrected chi connectivity index (χ1v) is 25.4. The fourth-order valence-electron chi connectivity index (χ4n) is 11.3. The van der Waals surface area contributed by atoms with Crippen LogP contribution in [0.2, 0.25) is 0 Å². The lowest BCUT2D eigenvalue weighted by molar-refractivity contribution is -0.171. The van der Waals surface area contributed by atoms with E-state index in [1.807, 2.05) is 58.1 Å². The molecule has 1 aromatic rings. The van der Waals surface area contributed by atoms with Crippen LogP contribution in [0.15, 0.2) is 53.9 Å². The van der Waals surface area contributed by atoms with E-state index in [0.29, 0.717) is 50.5 Å². The molecular formula is C53H81N5O11. The third kappa shape index (κ3) is 14.2. The van der Waals surface area contributed by atoms with E-state index in [0.717, 1.165) is 24.8 Å². The average molecular weight is 964 g/mol. The summed E-state index contributed by atoms with van der Waals surface area (Å²) in [4.78, 5) is 72.6. The lowest BCUT2D eigenvalue weighted by Gasteiger charge is -2.43. The van der Waals surface area contributed by atoms with Gasteiger partial charge in [0.1, 0.15) is 30.2 Å². The molecule has 16 heteroatoms. The van der Waals surface area contributed by atoms with E-state index in [4.69, 9.17) is 18.9 Å². The van der Waals surface area contributed by atoms with E-state index in [9.17, 15) is 34.2 Å². The van der Waals surface area contributed by atoms with Gasteiger partial charge >= 0.3 is 5.97 Å². The summed E-state index contributed by atoms with van der Waals surface area (Å²) in [7, 11) is 4.70. The normalized spacial score (nSPS) is 37.1. The largest absolute Gasteiger partial charge is 0.460 e. The average Bonchev–Trinajstić information content (AvgIpc) is 3.88. The van der Waals surface area contributed by atoms with Crippen molar-refractivity contribution < 1.29 is 53.1 Å². The van der Waals surface area contributed by atoms with Crippen LogP contribution in [-0.4, -0.2) is 135 Å². The SMILES string of the molecule is CO[C@H]1CC2CC[C@@H](C)[C@@](O)(C2)C(=O)C(=O)N2CCCC[C@H]2C(=O)O[C@H]([C@H](C)C[C@@H]2CC[C@H](n3cnnn3)[C@H](OC)C2)CC(=O)/C(C)=C/C(C)[C@@H](O)[C@@H](OC)C(=O)[C@H](C)C[C@H](C)C=CC=CC=C1C. The highest BCUT2D eigenvalue weighted by Crippen LogP contribution is 2.42. The molecule has 2 saturated carbocycles. The van der Waals surface area contributed by atoms with Crippen molar-refractivity contribution in [2.45, 2.75) is 180 Å². The maximum absolute atomic E-state index is 14.5. The fraction of sp³-hybridized carbons (Fsp3) is 0.736. The lowest BCUT2D eigenvalue weighted by atomic mass is 9.67. The number of amides is 1. The third-order valence-electron chi connectivity index (χ3n) is 15.8. The summed E-state index contributed by atoms with van der Waals surface area (Å²) >= 11 is 0. The Kier molecular flexibility index (Phi) is 20.8. The quantitative estimate of drug-likeness (QED) is 0.215. The van der Waals surface area contributed by atoms with E-state index >= 15 is 0 Å². The molecule has 4 aliphatic rings. The molecule has 2 bridgehead atoms. The van der Waals surface area contributed by atoms with Crippen molar-refractivity contribution in [3.63, 3.8) is 0 Å². The molecule has 3 heterocycles. The number of aliphatic hydroxyl groups is 2. The number of Topliss-reactive ketones (excluding diaryl/α,β-unsaturated/α-hetero) is 3. The Labute approximate surface area is 409 Å². The molecule has 2 aliphatic carbocycles. The number of esters is 1. The highest BCUT2D eigenvalue weighted by molar-refractivity contribution is 6.39. The Morgan fingerprint density at radius 2 is 1.65 bits per heavy atom. The zero-order chi connectivity index (χ0) is 50.6. The van der Waals surface area contributed by atoms with Crippen LogP contribution in [0.3, 0.4) is 0 Å². The van der Waals surface area contributed by atoms with Crippen LogP contribution in [0.4, 0.5) is 0 Å². The molecule has 0 aromatic carbocycles. The van der Waals surface area contributed by atoms with Gasteiger partial charge in [0, 0.05) is 46.1 Å². The smallest absolute Gasteiger partial charge is 0.329 e. The predicted molar refractivity (Wildman–Crippen MR) is 259 cm³/mol. The number of hydrogen-bond acceptors (Lipinski definition) is 14. The van der Waals surface area contributed by atoms with Crippen LogP contribution in [-0.2, 0) is 42.9 Å². The first-order chi connectivity index (χ1) is 32.8. The molecule has 15 atom stereocenters. The first-order valence-electron chi connectivity index (χ1n) is 25.4. The van der Waals surface area contributed by atoms with E-state index in [1.165, 1.54) is 12.0 Å². The van der Waals surface area contributed by atoms with Crippen LogP contribution < -0.4 is 0 Å². The minimum Gasteiger partial charge on any atom is -0.460 e. The van der Waals surface area contributed by atoms with Crippen molar-refractivity contribution in [3.8, 4) is 0 Å². The molecule has 2 aliphatic heterocycles. The van der Waals surface area contributed by atoms with Crippen molar-refractivity contribution in [2.75, 3.05) is 27.9 Å². The Hall–Kier alpha value is -4.22. The molecule has 0 spiro atoms. The first kappa shape index (κ1) is 55.7. The number of ketones is 3. The van der Waals surface area contributed by atoms with Crippen LogP contribution in [0.5, 0.6) is 0 Å². The summed E-state index contributed by atoms with van der Waals surface area (Å²) in [5, 5.41) is 35.5.